The van der Waals surface area contributed by atoms with Crippen molar-refractivity contribution in [2.45, 2.75) is 20.3 Å². The molecule has 0 saturated carbocycles. The quantitative estimate of drug-likeness (QED) is 0.397. The summed E-state index contributed by atoms with van der Waals surface area (Å²) >= 11 is 0. The van der Waals surface area contributed by atoms with Gasteiger partial charge in [-0.05, 0) is 61.7 Å². The fourth-order valence-corrected chi connectivity index (χ4v) is 3.22. The maximum Gasteiger partial charge on any atom is 0.338 e. The van der Waals surface area contributed by atoms with Crippen molar-refractivity contribution in [3.63, 3.8) is 0 Å². The molecule has 1 aliphatic rings. The first-order chi connectivity index (χ1) is 14.8. The number of anilines is 1. The SMILES string of the molecule is COCCCN1C(=O)c2ccc(C(=O)OCC(=O)Nc3ccc(C)c(C)c3)cc2C1=O. The van der Waals surface area contributed by atoms with E-state index in [1.165, 1.54) is 18.2 Å². The molecular weight excluding hydrogens is 400 g/mol. The molecule has 162 valence electrons. The van der Waals surface area contributed by atoms with E-state index in [2.05, 4.69) is 5.32 Å². The Bertz CT molecular complexity index is 1050. The molecule has 1 heterocycles. The Kier molecular flexibility index (Phi) is 6.81. The molecule has 3 rings (SSSR count). The number of carbonyl (C=O) groups excluding carboxylic acids is 4. The number of benzene rings is 2. The van der Waals surface area contributed by atoms with Gasteiger partial charge in [0.05, 0.1) is 16.7 Å². The van der Waals surface area contributed by atoms with Crippen molar-refractivity contribution >= 4 is 29.4 Å². The van der Waals surface area contributed by atoms with Gasteiger partial charge in [0.15, 0.2) is 6.61 Å². The number of aryl methyl sites for hydroxylation is 2. The van der Waals surface area contributed by atoms with Crippen LogP contribution in [0.25, 0.3) is 0 Å². The van der Waals surface area contributed by atoms with Gasteiger partial charge < -0.3 is 14.8 Å². The lowest BCUT2D eigenvalue weighted by Gasteiger charge is -2.12. The van der Waals surface area contributed by atoms with Crippen molar-refractivity contribution in [2.75, 3.05) is 32.2 Å². The van der Waals surface area contributed by atoms with Gasteiger partial charge in [-0.25, -0.2) is 4.79 Å². The lowest BCUT2D eigenvalue weighted by atomic mass is 10.1. The third kappa shape index (κ3) is 4.97. The van der Waals surface area contributed by atoms with Crippen molar-refractivity contribution in [2.24, 2.45) is 0 Å². The van der Waals surface area contributed by atoms with Crippen molar-refractivity contribution in [1.82, 2.24) is 4.90 Å². The summed E-state index contributed by atoms with van der Waals surface area (Å²) in [5.41, 5.74) is 3.23. The van der Waals surface area contributed by atoms with Crippen LogP contribution in [0.4, 0.5) is 5.69 Å². The van der Waals surface area contributed by atoms with E-state index in [4.69, 9.17) is 9.47 Å². The van der Waals surface area contributed by atoms with E-state index < -0.39 is 30.3 Å². The van der Waals surface area contributed by atoms with Crippen LogP contribution in [0.15, 0.2) is 36.4 Å². The molecule has 0 aromatic heterocycles. The summed E-state index contributed by atoms with van der Waals surface area (Å²) in [4.78, 5) is 50.5. The number of imide groups is 1. The van der Waals surface area contributed by atoms with Crippen LogP contribution < -0.4 is 5.32 Å². The number of amides is 3. The normalized spacial score (nSPS) is 12.7. The highest BCUT2D eigenvalue weighted by atomic mass is 16.5. The van der Waals surface area contributed by atoms with Gasteiger partial charge in [0, 0.05) is 25.9 Å². The maximum absolute atomic E-state index is 12.5. The van der Waals surface area contributed by atoms with Crippen LogP contribution in [0.3, 0.4) is 0 Å². The van der Waals surface area contributed by atoms with Gasteiger partial charge in [-0.1, -0.05) is 6.07 Å². The second-order valence-corrected chi connectivity index (χ2v) is 7.29. The Morgan fingerprint density at radius 3 is 2.42 bits per heavy atom. The second kappa shape index (κ2) is 9.53. The predicted molar refractivity (Wildman–Crippen MR) is 113 cm³/mol. The zero-order valence-corrected chi connectivity index (χ0v) is 17.7. The van der Waals surface area contributed by atoms with E-state index in [9.17, 15) is 19.2 Å². The lowest BCUT2D eigenvalue weighted by molar-refractivity contribution is -0.119. The molecule has 0 saturated heterocycles. The highest BCUT2D eigenvalue weighted by Crippen LogP contribution is 2.24. The number of ether oxygens (including phenoxy) is 2. The topological polar surface area (TPSA) is 102 Å². The van der Waals surface area contributed by atoms with Crippen molar-refractivity contribution < 1.29 is 28.7 Å². The minimum atomic E-state index is -0.754. The summed E-state index contributed by atoms with van der Waals surface area (Å²) in [6, 6.07) is 9.65. The van der Waals surface area contributed by atoms with E-state index >= 15 is 0 Å². The van der Waals surface area contributed by atoms with Gasteiger partial charge in [0.2, 0.25) is 0 Å². The number of rotatable bonds is 8. The molecule has 0 radical (unpaired) electrons. The molecule has 1 N–H and O–H groups in total. The number of esters is 1. The zero-order valence-electron chi connectivity index (χ0n) is 17.7. The molecule has 1 aliphatic heterocycles. The van der Waals surface area contributed by atoms with E-state index in [1.54, 1.807) is 13.2 Å². The van der Waals surface area contributed by atoms with Gasteiger partial charge in [-0.15, -0.1) is 0 Å². The molecule has 31 heavy (non-hydrogen) atoms. The molecule has 0 aliphatic carbocycles. The highest BCUT2D eigenvalue weighted by Gasteiger charge is 2.35. The molecule has 0 atom stereocenters. The number of methoxy groups -OCH3 is 1. The molecule has 8 heteroatoms. The van der Waals surface area contributed by atoms with E-state index in [-0.39, 0.29) is 23.2 Å². The summed E-state index contributed by atoms with van der Waals surface area (Å²) in [5, 5.41) is 2.67. The lowest BCUT2D eigenvalue weighted by Crippen LogP contribution is -2.31. The molecule has 0 unspecified atom stereocenters. The third-order valence-corrected chi connectivity index (χ3v) is 5.06. The first-order valence-electron chi connectivity index (χ1n) is 9.85. The summed E-state index contributed by atoms with van der Waals surface area (Å²) in [5.74, 6) is -2.09. The van der Waals surface area contributed by atoms with Gasteiger partial charge in [0.1, 0.15) is 0 Å². The average molecular weight is 424 g/mol. The number of fused-ring (bicyclic) bond motifs is 1. The smallest absolute Gasteiger partial charge is 0.338 e. The molecule has 8 nitrogen and oxygen atoms in total. The minimum Gasteiger partial charge on any atom is -0.452 e. The standard InChI is InChI=1S/C23H24N2O6/c1-14-5-7-17(11-15(14)2)24-20(26)13-31-23(29)16-6-8-18-19(12-16)22(28)25(21(18)27)9-4-10-30-3/h5-8,11-12H,4,9-10,13H2,1-3H3,(H,24,26). The summed E-state index contributed by atoms with van der Waals surface area (Å²) in [7, 11) is 1.54. The number of hydrogen-bond donors (Lipinski definition) is 1. The van der Waals surface area contributed by atoms with E-state index in [0.29, 0.717) is 18.7 Å². The van der Waals surface area contributed by atoms with Crippen molar-refractivity contribution in [3.8, 4) is 0 Å². The molecule has 0 fully saturated rings. The monoisotopic (exact) mass is 424 g/mol. The largest absolute Gasteiger partial charge is 0.452 e. The Morgan fingerprint density at radius 1 is 0.968 bits per heavy atom. The minimum absolute atomic E-state index is 0.0950. The number of nitrogens with one attached hydrogen (secondary N) is 1. The van der Waals surface area contributed by atoms with Crippen molar-refractivity contribution in [1.29, 1.82) is 0 Å². The second-order valence-electron chi connectivity index (χ2n) is 7.29. The maximum atomic E-state index is 12.5. The Morgan fingerprint density at radius 2 is 1.71 bits per heavy atom. The third-order valence-electron chi connectivity index (χ3n) is 5.06. The van der Waals surface area contributed by atoms with Crippen LogP contribution >= 0.6 is 0 Å². The predicted octanol–water partition coefficient (Wildman–Crippen LogP) is 2.73. The Balaban J connectivity index is 1.61. The van der Waals surface area contributed by atoms with Gasteiger partial charge >= 0.3 is 5.97 Å². The van der Waals surface area contributed by atoms with E-state index in [0.717, 1.165) is 16.0 Å². The fraction of sp³-hybridized carbons (Fsp3) is 0.304. The van der Waals surface area contributed by atoms with Crippen LogP contribution in [0, 0.1) is 13.8 Å². The first-order valence-corrected chi connectivity index (χ1v) is 9.85. The van der Waals surface area contributed by atoms with Crippen LogP contribution in [-0.2, 0) is 14.3 Å². The zero-order chi connectivity index (χ0) is 22.5. The Labute approximate surface area is 180 Å². The summed E-state index contributed by atoms with van der Waals surface area (Å²) < 4.78 is 10.0. The van der Waals surface area contributed by atoms with Crippen LogP contribution in [0.1, 0.15) is 48.6 Å². The molecule has 2 aromatic carbocycles. The number of carbonyl (C=O) groups is 4. The Hall–Kier alpha value is -3.52. The fourth-order valence-electron chi connectivity index (χ4n) is 3.22. The highest BCUT2D eigenvalue weighted by molar-refractivity contribution is 6.22. The summed E-state index contributed by atoms with van der Waals surface area (Å²) in [6.45, 7) is 4.09. The van der Waals surface area contributed by atoms with Gasteiger partial charge in [-0.3, -0.25) is 19.3 Å². The number of hydrogen-bond acceptors (Lipinski definition) is 6. The van der Waals surface area contributed by atoms with Crippen LogP contribution in [-0.4, -0.2) is 55.5 Å². The molecular formula is C23H24N2O6. The molecule has 0 bridgehead atoms. The average Bonchev–Trinajstić information content (AvgIpc) is 2.99. The summed E-state index contributed by atoms with van der Waals surface area (Å²) in [6.07, 6.45) is 0.520. The van der Waals surface area contributed by atoms with Gasteiger partial charge in [0.25, 0.3) is 17.7 Å². The van der Waals surface area contributed by atoms with Crippen LogP contribution in [0.2, 0.25) is 0 Å². The molecule has 0 spiro atoms. The number of nitrogens with zero attached hydrogens (tertiary/aromatic N) is 1. The van der Waals surface area contributed by atoms with Crippen molar-refractivity contribution in [3.05, 3.63) is 64.2 Å². The molecule has 2 aromatic rings. The van der Waals surface area contributed by atoms with Crippen LogP contribution in [0.5, 0.6) is 0 Å². The van der Waals surface area contributed by atoms with Gasteiger partial charge in [-0.2, -0.15) is 0 Å². The first kappa shape index (κ1) is 22.2. The molecule has 3 amide bonds. The van der Waals surface area contributed by atoms with E-state index in [1.807, 2.05) is 26.0 Å².